The van der Waals surface area contributed by atoms with E-state index in [0.29, 0.717) is 65.2 Å². The molecule has 2 aliphatic rings. The smallest absolute Gasteiger partial charge is 0.319 e. The number of amides is 2. The normalized spacial score (nSPS) is 15.8. The highest BCUT2D eigenvalue weighted by Crippen LogP contribution is 2.48. The van der Waals surface area contributed by atoms with Gasteiger partial charge in [0.25, 0.3) is 0 Å². The average Bonchev–Trinajstić information content (AvgIpc) is 3.04. The van der Waals surface area contributed by atoms with E-state index in [1.165, 1.54) is 12.1 Å². The lowest BCUT2D eigenvalue weighted by Gasteiger charge is -2.35. The first kappa shape index (κ1) is 30.4. The van der Waals surface area contributed by atoms with E-state index in [1.807, 2.05) is 13.0 Å². The van der Waals surface area contributed by atoms with Crippen molar-refractivity contribution in [1.82, 2.24) is 15.2 Å². The molecule has 6 rings (SSSR count). The number of halogens is 1. The molecule has 1 saturated heterocycles. The van der Waals surface area contributed by atoms with Crippen LogP contribution in [0.15, 0.2) is 66.9 Å². The number of hydrogen-bond acceptors (Lipinski definition) is 8. The molecule has 236 valence electrons. The summed E-state index contributed by atoms with van der Waals surface area (Å²) in [6, 6.07) is 16.2. The largest absolute Gasteiger partial charge is 0.489 e. The molecule has 3 aromatic carbocycles. The molecule has 4 aromatic rings. The van der Waals surface area contributed by atoms with Crippen LogP contribution in [0.2, 0.25) is 0 Å². The van der Waals surface area contributed by atoms with E-state index in [-0.39, 0.29) is 18.4 Å². The van der Waals surface area contributed by atoms with Crippen LogP contribution in [-0.4, -0.2) is 66.1 Å². The van der Waals surface area contributed by atoms with Gasteiger partial charge in [0, 0.05) is 44.1 Å². The standard InChI is InChI=1S/C34H37FN4O6/c1-34(41)12-16-39(17-13-34)15-2-18-42-29-21-27-30(32-31(29)43-19-20-44-32)28(11-14-36-27)45-26-9-7-25(8-10-26)38-33(40)37-22-23-3-5-24(35)6-4-23/h3-11,14,21,41H,2,12-13,15-20,22H2,1H3,(H2,37,38,40). The van der Waals surface area contributed by atoms with Gasteiger partial charge in [-0.2, -0.15) is 0 Å². The maximum atomic E-state index is 13.1. The van der Waals surface area contributed by atoms with Gasteiger partial charge in [-0.05, 0) is 74.2 Å². The lowest BCUT2D eigenvalue weighted by Crippen LogP contribution is -2.42. The zero-order valence-electron chi connectivity index (χ0n) is 25.2. The van der Waals surface area contributed by atoms with Gasteiger partial charge >= 0.3 is 6.03 Å². The molecular formula is C34H37FN4O6. The van der Waals surface area contributed by atoms with Gasteiger partial charge < -0.3 is 39.6 Å². The molecule has 10 nitrogen and oxygen atoms in total. The highest BCUT2D eigenvalue weighted by molar-refractivity contribution is 5.95. The molecular weight excluding hydrogens is 579 g/mol. The van der Waals surface area contributed by atoms with E-state index in [4.69, 9.17) is 18.9 Å². The van der Waals surface area contributed by atoms with Crippen molar-refractivity contribution >= 4 is 22.6 Å². The van der Waals surface area contributed by atoms with Crippen LogP contribution in [0.4, 0.5) is 14.9 Å². The van der Waals surface area contributed by atoms with Gasteiger partial charge in [0.2, 0.25) is 5.75 Å². The summed E-state index contributed by atoms with van der Waals surface area (Å²) in [6.07, 6.45) is 4.08. The number of nitrogens with zero attached hydrogens (tertiary/aromatic N) is 2. The van der Waals surface area contributed by atoms with Crippen molar-refractivity contribution in [2.24, 2.45) is 0 Å². The lowest BCUT2D eigenvalue weighted by molar-refractivity contribution is -0.00606. The molecule has 2 aliphatic heterocycles. The topological polar surface area (TPSA) is 114 Å². The summed E-state index contributed by atoms with van der Waals surface area (Å²) in [5.41, 5.74) is 1.47. The highest BCUT2D eigenvalue weighted by Gasteiger charge is 2.27. The van der Waals surface area contributed by atoms with Crippen molar-refractivity contribution in [1.29, 1.82) is 0 Å². The minimum absolute atomic E-state index is 0.273. The summed E-state index contributed by atoms with van der Waals surface area (Å²) in [5, 5.41) is 16.4. The van der Waals surface area contributed by atoms with Gasteiger partial charge in [-0.3, -0.25) is 4.98 Å². The summed E-state index contributed by atoms with van der Waals surface area (Å²) in [6.45, 7) is 6.15. The first-order chi connectivity index (χ1) is 21.8. The van der Waals surface area contributed by atoms with E-state index in [1.54, 1.807) is 48.7 Å². The van der Waals surface area contributed by atoms with Crippen molar-refractivity contribution in [3.63, 3.8) is 0 Å². The number of likely N-dealkylation sites (tertiary alicyclic amines) is 1. The zero-order chi connectivity index (χ0) is 31.2. The van der Waals surface area contributed by atoms with Crippen LogP contribution < -0.4 is 29.6 Å². The number of piperidine rings is 1. The van der Waals surface area contributed by atoms with Gasteiger partial charge in [-0.15, -0.1) is 0 Å². The predicted octanol–water partition coefficient (Wildman–Crippen LogP) is 5.87. The quantitative estimate of drug-likeness (QED) is 0.190. The number of pyridine rings is 1. The molecule has 3 heterocycles. The number of urea groups is 1. The lowest BCUT2D eigenvalue weighted by atomic mass is 9.94. The van der Waals surface area contributed by atoms with Gasteiger partial charge in [0.15, 0.2) is 11.5 Å². The van der Waals surface area contributed by atoms with E-state index >= 15 is 0 Å². The van der Waals surface area contributed by atoms with Crippen molar-refractivity contribution in [2.45, 2.75) is 38.3 Å². The number of aliphatic hydroxyl groups is 1. The van der Waals surface area contributed by atoms with Crippen LogP contribution in [0, 0.1) is 5.82 Å². The van der Waals surface area contributed by atoms with E-state index < -0.39 is 5.60 Å². The van der Waals surface area contributed by atoms with E-state index in [2.05, 4.69) is 20.5 Å². The van der Waals surface area contributed by atoms with Crippen molar-refractivity contribution < 1.29 is 33.2 Å². The van der Waals surface area contributed by atoms with Crippen LogP contribution in [0.25, 0.3) is 10.9 Å². The van der Waals surface area contributed by atoms with Gasteiger partial charge in [-0.25, -0.2) is 9.18 Å². The van der Waals surface area contributed by atoms with Crippen molar-refractivity contribution in [3.8, 4) is 28.7 Å². The minimum atomic E-state index is -0.559. The Balaban J connectivity index is 1.09. The molecule has 0 unspecified atom stereocenters. The van der Waals surface area contributed by atoms with Gasteiger partial charge in [-0.1, -0.05) is 12.1 Å². The van der Waals surface area contributed by atoms with Gasteiger partial charge in [0.05, 0.1) is 23.1 Å². The van der Waals surface area contributed by atoms with Crippen LogP contribution in [0.1, 0.15) is 31.7 Å². The maximum absolute atomic E-state index is 13.1. The summed E-state index contributed by atoms with van der Waals surface area (Å²) < 4.78 is 37.6. The number of fused-ring (bicyclic) bond motifs is 3. The number of nitrogens with one attached hydrogen (secondary N) is 2. The number of hydrogen-bond donors (Lipinski definition) is 3. The molecule has 3 N–H and O–H groups in total. The Morgan fingerprint density at radius 3 is 2.51 bits per heavy atom. The Morgan fingerprint density at radius 1 is 1.02 bits per heavy atom. The number of benzene rings is 3. The second kappa shape index (κ2) is 13.6. The third-order valence-electron chi connectivity index (χ3n) is 7.96. The summed E-state index contributed by atoms with van der Waals surface area (Å²) >= 11 is 0. The van der Waals surface area contributed by atoms with E-state index in [0.717, 1.165) is 44.5 Å². The Bertz CT molecular complexity index is 1620. The molecule has 2 amide bonds. The number of carbonyl (C=O) groups is 1. The predicted molar refractivity (Wildman–Crippen MR) is 168 cm³/mol. The third kappa shape index (κ3) is 7.73. The number of rotatable bonds is 10. The third-order valence-corrected chi connectivity index (χ3v) is 7.96. The molecule has 0 atom stereocenters. The van der Waals surface area contributed by atoms with Crippen molar-refractivity contribution in [3.05, 3.63) is 78.2 Å². The Labute approximate surface area is 261 Å². The Kier molecular flexibility index (Phi) is 9.18. The van der Waals surface area contributed by atoms with E-state index in [9.17, 15) is 14.3 Å². The molecule has 11 heteroatoms. The summed E-state index contributed by atoms with van der Waals surface area (Å²) in [4.78, 5) is 19.2. The molecule has 45 heavy (non-hydrogen) atoms. The molecule has 0 spiro atoms. The minimum Gasteiger partial charge on any atom is -0.489 e. The average molecular weight is 617 g/mol. The SMILES string of the molecule is CC1(O)CCN(CCCOc2cc3nccc(Oc4ccc(NC(=O)NCc5ccc(F)cc5)cc4)c3c3c2OCCO3)CC1. The number of aromatic nitrogens is 1. The van der Waals surface area contributed by atoms with Crippen LogP contribution >= 0.6 is 0 Å². The Hall–Kier alpha value is -4.61. The van der Waals surface area contributed by atoms with Crippen LogP contribution in [0.3, 0.4) is 0 Å². The number of anilines is 1. The second-order valence-electron chi connectivity index (χ2n) is 11.5. The zero-order valence-corrected chi connectivity index (χ0v) is 25.2. The first-order valence-corrected chi connectivity index (χ1v) is 15.2. The Morgan fingerprint density at radius 2 is 1.76 bits per heavy atom. The molecule has 1 fully saturated rings. The van der Waals surface area contributed by atoms with Crippen LogP contribution in [0.5, 0.6) is 28.7 Å². The number of carbonyl (C=O) groups excluding carboxylic acids is 1. The maximum Gasteiger partial charge on any atom is 0.319 e. The molecule has 0 radical (unpaired) electrons. The second-order valence-corrected chi connectivity index (χ2v) is 11.5. The number of ether oxygens (including phenoxy) is 4. The molecule has 0 saturated carbocycles. The fourth-order valence-electron chi connectivity index (χ4n) is 5.39. The molecule has 0 bridgehead atoms. The first-order valence-electron chi connectivity index (χ1n) is 15.2. The fraction of sp³-hybridized carbons (Fsp3) is 0.353. The van der Waals surface area contributed by atoms with Crippen LogP contribution in [-0.2, 0) is 6.54 Å². The molecule has 0 aliphatic carbocycles. The monoisotopic (exact) mass is 616 g/mol. The summed E-state index contributed by atoms with van der Waals surface area (Å²) in [5.74, 6) is 2.43. The van der Waals surface area contributed by atoms with Crippen molar-refractivity contribution in [2.75, 3.05) is 44.8 Å². The molecule has 1 aromatic heterocycles. The summed E-state index contributed by atoms with van der Waals surface area (Å²) in [7, 11) is 0. The van der Waals surface area contributed by atoms with Gasteiger partial charge in [0.1, 0.15) is 30.5 Å². The highest BCUT2D eigenvalue weighted by atomic mass is 19.1. The fourth-order valence-corrected chi connectivity index (χ4v) is 5.39.